The molecule has 1 aliphatic rings. The third-order valence-electron chi connectivity index (χ3n) is 3.79. The van der Waals surface area contributed by atoms with Gasteiger partial charge in [-0.1, -0.05) is 6.07 Å². The largest absolute Gasteiger partial charge is 0.334 e. The molecule has 1 aromatic heterocycles. The number of nitrogens with zero attached hydrogens (tertiary/aromatic N) is 2. The van der Waals surface area contributed by atoms with E-state index in [-0.39, 0.29) is 23.9 Å². The molecule has 0 spiro atoms. The first-order valence-electron chi connectivity index (χ1n) is 7.04. The lowest BCUT2D eigenvalue weighted by atomic mass is 10.0. The Morgan fingerprint density at radius 1 is 1.47 bits per heavy atom. The van der Waals surface area contributed by atoms with Crippen molar-refractivity contribution in [2.75, 3.05) is 0 Å². The third kappa shape index (κ3) is 3.53. The van der Waals surface area contributed by atoms with Gasteiger partial charge in [-0.3, -0.25) is 9.78 Å². The maximum atomic E-state index is 12.6. The first kappa shape index (κ1) is 14.0. The molecule has 104 valence electrons. The van der Waals surface area contributed by atoms with E-state index >= 15 is 0 Å². The van der Waals surface area contributed by atoms with Crippen LogP contribution >= 0.6 is 0 Å². The van der Waals surface area contributed by atoms with Gasteiger partial charge >= 0.3 is 0 Å². The minimum Gasteiger partial charge on any atom is -0.334 e. The minimum atomic E-state index is 0.0983. The Morgan fingerprint density at radius 2 is 2.26 bits per heavy atom. The molecule has 1 amide bonds. The molecule has 1 heterocycles. The molecule has 1 aliphatic carbocycles. The second-order valence-electron chi connectivity index (χ2n) is 5.65. The van der Waals surface area contributed by atoms with Gasteiger partial charge in [-0.2, -0.15) is 0 Å². The molecule has 2 N–H and O–H groups in total. The third-order valence-corrected chi connectivity index (χ3v) is 3.79. The fourth-order valence-corrected chi connectivity index (χ4v) is 2.66. The predicted molar refractivity (Wildman–Crippen MR) is 75.2 cm³/mol. The van der Waals surface area contributed by atoms with Crippen molar-refractivity contribution in [2.45, 2.75) is 51.7 Å². The summed E-state index contributed by atoms with van der Waals surface area (Å²) in [7, 11) is 0. The molecule has 0 radical (unpaired) electrons. The van der Waals surface area contributed by atoms with Gasteiger partial charge in [0.1, 0.15) is 0 Å². The SMILES string of the molecule is CC(C)N(Cc1ccccn1)C(=O)C1CCC(N)C1. The molecule has 2 atom stereocenters. The molecule has 4 nitrogen and oxygen atoms in total. The second-order valence-corrected chi connectivity index (χ2v) is 5.65. The average molecular weight is 261 g/mol. The summed E-state index contributed by atoms with van der Waals surface area (Å²) >= 11 is 0. The molecule has 4 heteroatoms. The van der Waals surface area contributed by atoms with Crippen LogP contribution < -0.4 is 5.73 Å². The summed E-state index contributed by atoms with van der Waals surface area (Å²) in [5.74, 6) is 0.328. The number of hydrogen-bond acceptors (Lipinski definition) is 3. The van der Waals surface area contributed by atoms with Crippen molar-refractivity contribution in [3.8, 4) is 0 Å². The zero-order valence-corrected chi connectivity index (χ0v) is 11.7. The average Bonchev–Trinajstić information content (AvgIpc) is 2.83. The lowest BCUT2D eigenvalue weighted by molar-refractivity contribution is -0.137. The Hall–Kier alpha value is -1.42. The molecule has 0 saturated heterocycles. The summed E-state index contributed by atoms with van der Waals surface area (Å²) in [6, 6.07) is 6.19. The number of nitrogens with two attached hydrogens (primary N) is 1. The van der Waals surface area contributed by atoms with Gasteiger partial charge in [0.15, 0.2) is 0 Å². The summed E-state index contributed by atoms with van der Waals surface area (Å²) in [6.07, 6.45) is 4.48. The van der Waals surface area contributed by atoms with Crippen molar-refractivity contribution >= 4 is 5.91 Å². The van der Waals surface area contributed by atoms with Crippen molar-refractivity contribution in [1.82, 2.24) is 9.88 Å². The lowest BCUT2D eigenvalue weighted by Gasteiger charge is -2.29. The molecule has 0 aliphatic heterocycles. The fraction of sp³-hybridized carbons (Fsp3) is 0.600. The highest BCUT2D eigenvalue weighted by molar-refractivity contribution is 5.79. The van der Waals surface area contributed by atoms with E-state index in [0.717, 1.165) is 25.0 Å². The zero-order valence-electron chi connectivity index (χ0n) is 11.7. The topological polar surface area (TPSA) is 59.2 Å². The van der Waals surface area contributed by atoms with Crippen LogP contribution in [0.2, 0.25) is 0 Å². The van der Waals surface area contributed by atoms with Crippen molar-refractivity contribution in [2.24, 2.45) is 11.7 Å². The molecular formula is C15H23N3O. The highest BCUT2D eigenvalue weighted by atomic mass is 16.2. The molecular weight excluding hydrogens is 238 g/mol. The number of carbonyl (C=O) groups is 1. The van der Waals surface area contributed by atoms with E-state index in [1.807, 2.05) is 23.1 Å². The summed E-state index contributed by atoms with van der Waals surface area (Å²) in [6.45, 7) is 4.69. The predicted octanol–water partition coefficient (Wildman–Crippen LogP) is 1.95. The molecule has 1 fully saturated rings. The van der Waals surface area contributed by atoms with Crippen LogP contribution in [0.3, 0.4) is 0 Å². The molecule has 0 aromatic carbocycles. The van der Waals surface area contributed by atoms with Crippen LogP contribution in [0.1, 0.15) is 38.8 Å². The smallest absolute Gasteiger partial charge is 0.226 e. The van der Waals surface area contributed by atoms with Gasteiger partial charge in [0, 0.05) is 24.2 Å². The van der Waals surface area contributed by atoms with E-state index in [4.69, 9.17) is 5.73 Å². The molecule has 2 rings (SSSR count). The van der Waals surface area contributed by atoms with E-state index in [9.17, 15) is 4.79 Å². The molecule has 1 saturated carbocycles. The summed E-state index contributed by atoms with van der Waals surface area (Å²) in [5, 5.41) is 0. The highest BCUT2D eigenvalue weighted by Gasteiger charge is 2.32. The van der Waals surface area contributed by atoms with Crippen LogP contribution in [0, 0.1) is 5.92 Å². The van der Waals surface area contributed by atoms with Crippen LogP contribution in [0.4, 0.5) is 0 Å². The second kappa shape index (κ2) is 6.15. The number of pyridine rings is 1. The van der Waals surface area contributed by atoms with Gasteiger partial charge in [0.05, 0.1) is 12.2 Å². The Bertz CT molecular complexity index is 419. The lowest BCUT2D eigenvalue weighted by Crippen LogP contribution is -2.40. The fourth-order valence-electron chi connectivity index (χ4n) is 2.66. The zero-order chi connectivity index (χ0) is 13.8. The van der Waals surface area contributed by atoms with E-state index in [1.165, 1.54) is 0 Å². The van der Waals surface area contributed by atoms with Gasteiger partial charge in [-0.05, 0) is 45.2 Å². The Balaban J connectivity index is 2.05. The number of hydrogen-bond donors (Lipinski definition) is 1. The summed E-state index contributed by atoms with van der Waals surface area (Å²) < 4.78 is 0. The Morgan fingerprint density at radius 3 is 2.79 bits per heavy atom. The number of rotatable bonds is 4. The van der Waals surface area contributed by atoms with Crippen LogP contribution in [0.15, 0.2) is 24.4 Å². The van der Waals surface area contributed by atoms with Gasteiger partial charge < -0.3 is 10.6 Å². The van der Waals surface area contributed by atoms with Crippen LogP contribution in [-0.2, 0) is 11.3 Å². The number of aromatic nitrogens is 1. The van der Waals surface area contributed by atoms with Crippen LogP contribution in [0.25, 0.3) is 0 Å². The van der Waals surface area contributed by atoms with Crippen molar-refractivity contribution in [1.29, 1.82) is 0 Å². The Labute approximate surface area is 115 Å². The molecule has 0 bridgehead atoms. The monoisotopic (exact) mass is 261 g/mol. The van der Waals surface area contributed by atoms with E-state index in [0.29, 0.717) is 6.54 Å². The van der Waals surface area contributed by atoms with Gasteiger partial charge in [0.2, 0.25) is 5.91 Å². The van der Waals surface area contributed by atoms with Gasteiger partial charge in [-0.25, -0.2) is 0 Å². The van der Waals surface area contributed by atoms with Crippen molar-refractivity contribution in [3.63, 3.8) is 0 Å². The summed E-state index contributed by atoms with van der Waals surface area (Å²) in [4.78, 5) is 18.8. The first-order valence-corrected chi connectivity index (χ1v) is 7.04. The molecule has 2 unspecified atom stereocenters. The van der Waals surface area contributed by atoms with Gasteiger partial charge in [0.25, 0.3) is 0 Å². The van der Waals surface area contributed by atoms with Gasteiger partial charge in [-0.15, -0.1) is 0 Å². The maximum absolute atomic E-state index is 12.6. The first-order chi connectivity index (χ1) is 9.08. The maximum Gasteiger partial charge on any atom is 0.226 e. The normalized spacial score (nSPS) is 22.7. The quantitative estimate of drug-likeness (QED) is 0.901. The van der Waals surface area contributed by atoms with E-state index < -0.39 is 0 Å². The van der Waals surface area contributed by atoms with Crippen molar-refractivity contribution in [3.05, 3.63) is 30.1 Å². The van der Waals surface area contributed by atoms with Crippen LogP contribution in [-0.4, -0.2) is 27.9 Å². The van der Waals surface area contributed by atoms with E-state index in [1.54, 1.807) is 6.20 Å². The highest BCUT2D eigenvalue weighted by Crippen LogP contribution is 2.27. The van der Waals surface area contributed by atoms with Crippen LogP contribution in [0.5, 0.6) is 0 Å². The number of amides is 1. The molecule has 1 aromatic rings. The summed E-state index contributed by atoms with van der Waals surface area (Å²) in [5.41, 5.74) is 6.85. The molecule has 19 heavy (non-hydrogen) atoms. The van der Waals surface area contributed by atoms with Crippen molar-refractivity contribution < 1.29 is 4.79 Å². The minimum absolute atomic E-state index is 0.0983. The Kier molecular flexibility index (Phi) is 4.53. The number of carbonyl (C=O) groups excluding carboxylic acids is 1. The standard InChI is InChI=1S/C15H23N3O/c1-11(2)18(10-14-5-3-4-8-17-14)15(19)12-6-7-13(16)9-12/h3-5,8,11-13H,6-7,9-10,16H2,1-2H3. The van der Waals surface area contributed by atoms with E-state index in [2.05, 4.69) is 18.8 Å².